The summed E-state index contributed by atoms with van der Waals surface area (Å²) in [6, 6.07) is 12.2. The van der Waals surface area contributed by atoms with E-state index < -0.39 is 17.7 Å². The summed E-state index contributed by atoms with van der Waals surface area (Å²) in [6.45, 7) is 4.27. The van der Waals surface area contributed by atoms with Gasteiger partial charge in [0.1, 0.15) is 17.2 Å². The summed E-state index contributed by atoms with van der Waals surface area (Å²) in [7, 11) is 0. The number of hydrogen-bond acceptors (Lipinski definition) is 5. The molecule has 28 heavy (non-hydrogen) atoms. The topological polar surface area (TPSA) is 79.8 Å². The van der Waals surface area contributed by atoms with Gasteiger partial charge in [0.15, 0.2) is 0 Å². The molecule has 0 atom stereocenters. The lowest BCUT2D eigenvalue weighted by atomic mass is 9.92. The Labute approximate surface area is 160 Å². The molecule has 3 N–H and O–H groups in total. The second-order valence-electron chi connectivity index (χ2n) is 6.69. The van der Waals surface area contributed by atoms with Gasteiger partial charge in [-0.15, -0.1) is 13.2 Å². The van der Waals surface area contributed by atoms with Crippen LogP contribution in [0.15, 0.2) is 48.5 Å². The van der Waals surface area contributed by atoms with Gasteiger partial charge >= 0.3 is 6.36 Å². The number of amides is 1. The monoisotopic (exact) mass is 398 g/mol. The molecule has 152 valence electrons. The molecule has 6 nitrogen and oxygen atoms in total. The third kappa shape index (κ3) is 6.75. The van der Waals surface area contributed by atoms with Gasteiger partial charge in [-0.05, 0) is 55.8 Å². The van der Waals surface area contributed by atoms with E-state index in [0.717, 1.165) is 5.56 Å². The van der Waals surface area contributed by atoms with Crippen molar-refractivity contribution in [2.45, 2.75) is 26.8 Å². The lowest BCUT2D eigenvalue weighted by molar-refractivity contribution is -0.274. The number of halogens is 3. The van der Waals surface area contributed by atoms with Crippen molar-refractivity contribution in [3.63, 3.8) is 0 Å². The molecular formula is C19H21F3N2O4. The molecule has 0 spiro atoms. The van der Waals surface area contributed by atoms with Gasteiger partial charge in [-0.25, -0.2) is 5.48 Å². The van der Waals surface area contributed by atoms with E-state index in [0.29, 0.717) is 24.6 Å². The number of alkyl halides is 3. The van der Waals surface area contributed by atoms with Crippen LogP contribution >= 0.6 is 0 Å². The summed E-state index contributed by atoms with van der Waals surface area (Å²) < 4.78 is 45.8. The molecule has 0 aliphatic heterocycles. The summed E-state index contributed by atoms with van der Waals surface area (Å²) in [6.07, 6.45) is -4.73. The molecule has 0 bridgehead atoms. The molecule has 0 unspecified atom stereocenters. The van der Waals surface area contributed by atoms with E-state index in [1.807, 2.05) is 12.1 Å². The Morgan fingerprint density at radius 2 is 1.46 bits per heavy atom. The van der Waals surface area contributed by atoms with Crippen LogP contribution in [0.5, 0.6) is 17.2 Å². The summed E-state index contributed by atoms with van der Waals surface area (Å²) in [5.74, 6) is 0.0971. The third-order valence-corrected chi connectivity index (χ3v) is 3.83. The van der Waals surface area contributed by atoms with Crippen LogP contribution in [-0.2, 0) is 11.3 Å². The fourth-order valence-electron chi connectivity index (χ4n) is 2.27. The minimum absolute atomic E-state index is 0.320. The molecule has 2 rings (SSSR count). The van der Waals surface area contributed by atoms with Crippen molar-refractivity contribution >= 4 is 5.91 Å². The van der Waals surface area contributed by atoms with Gasteiger partial charge in [0.2, 0.25) is 5.91 Å². The normalized spacial score (nSPS) is 11.8. The van der Waals surface area contributed by atoms with E-state index >= 15 is 0 Å². The minimum atomic E-state index is -4.73. The van der Waals surface area contributed by atoms with Crippen LogP contribution in [0.3, 0.4) is 0 Å². The van der Waals surface area contributed by atoms with Crippen LogP contribution in [0.4, 0.5) is 13.2 Å². The maximum atomic E-state index is 12.1. The number of rotatable bonds is 8. The third-order valence-electron chi connectivity index (χ3n) is 3.83. The molecule has 0 heterocycles. The van der Waals surface area contributed by atoms with Gasteiger partial charge in [0.05, 0.1) is 5.41 Å². The first-order chi connectivity index (χ1) is 13.1. The molecule has 0 saturated heterocycles. The second-order valence-corrected chi connectivity index (χ2v) is 6.69. The number of hydrogen-bond donors (Lipinski definition) is 3. The molecule has 9 heteroatoms. The highest BCUT2D eigenvalue weighted by Crippen LogP contribution is 2.27. The Kier molecular flexibility index (Phi) is 6.87. The van der Waals surface area contributed by atoms with Gasteiger partial charge in [0, 0.05) is 13.1 Å². The zero-order valence-corrected chi connectivity index (χ0v) is 15.3. The smallest absolute Gasteiger partial charge is 0.457 e. The number of benzene rings is 2. The van der Waals surface area contributed by atoms with Gasteiger partial charge in [-0.3, -0.25) is 10.0 Å². The second kappa shape index (κ2) is 8.94. The maximum absolute atomic E-state index is 12.1. The molecule has 0 aromatic heterocycles. The first-order valence-corrected chi connectivity index (χ1v) is 8.37. The van der Waals surface area contributed by atoms with Gasteiger partial charge in [-0.2, -0.15) is 0 Å². The van der Waals surface area contributed by atoms with E-state index in [4.69, 9.17) is 9.94 Å². The average Bonchev–Trinajstić information content (AvgIpc) is 2.62. The molecule has 0 fully saturated rings. The fourth-order valence-corrected chi connectivity index (χ4v) is 2.27. The van der Waals surface area contributed by atoms with Crippen LogP contribution in [0.25, 0.3) is 0 Å². The molecule has 0 aliphatic carbocycles. The maximum Gasteiger partial charge on any atom is 0.573 e. The van der Waals surface area contributed by atoms with Gasteiger partial charge in [0.25, 0.3) is 0 Å². The number of hydroxylamine groups is 1. The predicted molar refractivity (Wildman–Crippen MR) is 95.1 cm³/mol. The van der Waals surface area contributed by atoms with Crippen LogP contribution in [0.1, 0.15) is 19.4 Å². The summed E-state index contributed by atoms with van der Waals surface area (Å²) in [4.78, 5) is 11.5. The Morgan fingerprint density at radius 3 is 1.96 bits per heavy atom. The first-order valence-electron chi connectivity index (χ1n) is 8.37. The number of nitrogens with one attached hydrogen (secondary N) is 2. The Balaban J connectivity index is 1.86. The van der Waals surface area contributed by atoms with Crippen molar-refractivity contribution in [3.05, 3.63) is 54.1 Å². The zero-order valence-electron chi connectivity index (χ0n) is 15.3. The Morgan fingerprint density at radius 1 is 0.964 bits per heavy atom. The Hall–Kier alpha value is -2.78. The molecule has 1 amide bonds. The van der Waals surface area contributed by atoms with E-state index in [9.17, 15) is 18.0 Å². The minimum Gasteiger partial charge on any atom is -0.457 e. The predicted octanol–water partition coefficient (Wildman–Crippen LogP) is 4.00. The molecular weight excluding hydrogens is 377 g/mol. The fraction of sp³-hybridized carbons (Fsp3) is 0.316. The largest absolute Gasteiger partial charge is 0.573 e. The summed E-state index contributed by atoms with van der Waals surface area (Å²) in [5, 5.41) is 11.8. The van der Waals surface area contributed by atoms with E-state index in [1.165, 1.54) is 24.3 Å². The van der Waals surface area contributed by atoms with Crippen molar-refractivity contribution in [3.8, 4) is 17.2 Å². The standard InChI is InChI=1S/C19H21F3N2O4/c1-18(2,17(25)24-26)12-23-11-13-3-5-14(6-4-13)27-15-7-9-16(10-8-15)28-19(20,21)22/h3-10,23,26H,11-12H2,1-2H3,(H,24,25). The summed E-state index contributed by atoms with van der Waals surface area (Å²) in [5.41, 5.74) is 1.82. The van der Waals surface area contributed by atoms with Gasteiger partial charge in [-0.1, -0.05) is 12.1 Å². The van der Waals surface area contributed by atoms with E-state index in [2.05, 4.69) is 10.1 Å². The van der Waals surface area contributed by atoms with Crippen molar-refractivity contribution in [1.29, 1.82) is 0 Å². The van der Waals surface area contributed by atoms with Crippen LogP contribution < -0.4 is 20.3 Å². The highest BCUT2D eigenvalue weighted by Gasteiger charge is 2.31. The SMILES string of the molecule is CC(C)(CNCc1ccc(Oc2ccc(OC(F)(F)F)cc2)cc1)C(=O)NO. The lowest BCUT2D eigenvalue weighted by Gasteiger charge is -2.22. The van der Waals surface area contributed by atoms with Crippen molar-refractivity contribution in [2.24, 2.45) is 5.41 Å². The first kappa shape index (κ1) is 21.5. The molecule has 0 saturated carbocycles. The van der Waals surface area contributed by atoms with Crippen molar-refractivity contribution in [1.82, 2.24) is 10.8 Å². The average molecular weight is 398 g/mol. The van der Waals surface area contributed by atoms with Crippen LogP contribution in [0, 0.1) is 5.41 Å². The van der Waals surface area contributed by atoms with Gasteiger partial charge < -0.3 is 14.8 Å². The van der Waals surface area contributed by atoms with Crippen molar-refractivity contribution < 1.29 is 32.6 Å². The van der Waals surface area contributed by atoms with E-state index in [1.54, 1.807) is 31.5 Å². The highest BCUT2D eigenvalue weighted by molar-refractivity contribution is 5.80. The summed E-state index contributed by atoms with van der Waals surface area (Å²) >= 11 is 0. The molecule has 2 aromatic rings. The lowest BCUT2D eigenvalue weighted by Crippen LogP contribution is -2.42. The molecule has 0 radical (unpaired) electrons. The molecule has 2 aromatic carbocycles. The van der Waals surface area contributed by atoms with Crippen molar-refractivity contribution in [2.75, 3.05) is 6.54 Å². The number of ether oxygens (including phenoxy) is 2. The highest BCUT2D eigenvalue weighted by atomic mass is 19.4. The van der Waals surface area contributed by atoms with Crippen LogP contribution in [0.2, 0.25) is 0 Å². The number of carbonyl (C=O) groups is 1. The van der Waals surface area contributed by atoms with E-state index in [-0.39, 0.29) is 5.75 Å². The molecule has 0 aliphatic rings. The quantitative estimate of drug-likeness (QED) is 0.463. The number of carbonyl (C=O) groups excluding carboxylic acids is 1. The zero-order chi connectivity index (χ0) is 20.8. The Bertz CT molecular complexity index is 775. The van der Waals surface area contributed by atoms with Crippen LogP contribution in [-0.4, -0.2) is 24.0 Å².